The number of hydrogen-bond donors (Lipinski definition) is 3. The SMILES string of the molecule is C[C@H]1CC2C3C(CC[C@]2(C)[C@H]1O)[C@@]1(C)CC[C@H](O)C[C@H]1C[C@@H]3O. The van der Waals surface area contributed by atoms with Crippen molar-refractivity contribution in [2.24, 2.45) is 40.4 Å². The van der Waals surface area contributed by atoms with Gasteiger partial charge in [-0.25, -0.2) is 0 Å². The lowest BCUT2D eigenvalue weighted by Gasteiger charge is -2.61. The van der Waals surface area contributed by atoms with Crippen LogP contribution in [0.5, 0.6) is 0 Å². The Morgan fingerprint density at radius 2 is 1.52 bits per heavy atom. The molecule has 0 aromatic carbocycles. The van der Waals surface area contributed by atoms with Crippen molar-refractivity contribution in [2.45, 2.75) is 84.0 Å². The van der Waals surface area contributed by atoms with E-state index in [4.69, 9.17) is 0 Å². The van der Waals surface area contributed by atoms with Gasteiger partial charge in [-0.2, -0.15) is 0 Å². The third-order valence-electron chi connectivity index (χ3n) is 8.93. The molecule has 4 rings (SSSR count). The van der Waals surface area contributed by atoms with Gasteiger partial charge >= 0.3 is 0 Å². The Bertz CT molecular complexity index is 480. The Hall–Kier alpha value is -0.120. The summed E-state index contributed by atoms with van der Waals surface area (Å²) in [7, 11) is 0. The Labute approximate surface area is 140 Å². The van der Waals surface area contributed by atoms with Gasteiger partial charge in [-0.05, 0) is 85.4 Å². The minimum Gasteiger partial charge on any atom is -0.393 e. The zero-order valence-electron chi connectivity index (χ0n) is 14.9. The van der Waals surface area contributed by atoms with Gasteiger partial charge in [0.15, 0.2) is 0 Å². The lowest BCUT2D eigenvalue weighted by atomic mass is 9.44. The van der Waals surface area contributed by atoms with E-state index in [0.717, 1.165) is 44.9 Å². The zero-order valence-corrected chi connectivity index (χ0v) is 14.9. The van der Waals surface area contributed by atoms with Crippen molar-refractivity contribution < 1.29 is 15.3 Å². The highest BCUT2D eigenvalue weighted by Crippen LogP contribution is 2.66. The summed E-state index contributed by atoms with van der Waals surface area (Å²) in [5.41, 5.74) is 0.278. The van der Waals surface area contributed by atoms with E-state index in [1.165, 1.54) is 0 Å². The molecule has 0 spiro atoms. The van der Waals surface area contributed by atoms with E-state index in [2.05, 4.69) is 20.8 Å². The second kappa shape index (κ2) is 5.19. The Kier molecular flexibility index (Phi) is 3.69. The summed E-state index contributed by atoms with van der Waals surface area (Å²) < 4.78 is 0. The molecule has 0 heterocycles. The molecular weight excluding hydrogens is 288 g/mol. The smallest absolute Gasteiger partial charge is 0.0622 e. The molecule has 3 N–H and O–H groups in total. The average molecular weight is 322 g/mol. The molecule has 0 radical (unpaired) electrons. The van der Waals surface area contributed by atoms with E-state index in [-0.39, 0.29) is 29.1 Å². The first kappa shape index (κ1) is 16.4. The summed E-state index contributed by atoms with van der Waals surface area (Å²) in [4.78, 5) is 0. The van der Waals surface area contributed by atoms with E-state index < -0.39 is 0 Å². The number of rotatable bonds is 0. The number of aliphatic hydroxyl groups excluding tert-OH is 3. The summed E-state index contributed by atoms with van der Waals surface area (Å²) in [6.45, 7) is 6.89. The van der Waals surface area contributed by atoms with Crippen LogP contribution < -0.4 is 0 Å². The molecule has 0 amide bonds. The van der Waals surface area contributed by atoms with Gasteiger partial charge in [-0.3, -0.25) is 0 Å². The molecule has 0 aromatic heterocycles. The fraction of sp³-hybridized carbons (Fsp3) is 1.00. The van der Waals surface area contributed by atoms with E-state index in [1.807, 2.05) is 0 Å². The van der Waals surface area contributed by atoms with Crippen LogP contribution in [0.25, 0.3) is 0 Å². The van der Waals surface area contributed by atoms with Gasteiger partial charge in [0.05, 0.1) is 18.3 Å². The summed E-state index contributed by atoms with van der Waals surface area (Å²) in [5.74, 6) is 2.21. The molecule has 132 valence electrons. The van der Waals surface area contributed by atoms with Crippen LogP contribution in [-0.2, 0) is 0 Å². The molecule has 4 aliphatic carbocycles. The predicted molar refractivity (Wildman–Crippen MR) is 89.7 cm³/mol. The van der Waals surface area contributed by atoms with E-state index >= 15 is 0 Å². The van der Waals surface area contributed by atoms with E-state index in [0.29, 0.717) is 29.6 Å². The van der Waals surface area contributed by atoms with Crippen molar-refractivity contribution in [2.75, 3.05) is 0 Å². The average Bonchev–Trinajstić information content (AvgIpc) is 2.73. The van der Waals surface area contributed by atoms with Gasteiger partial charge < -0.3 is 15.3 Å². The van der Waals surface area contributed by atoms with Crippen LogP contribution in [0, 0.1) is 40.4 Å². The van der Waals surface area contributed by atoms with Crippen molar-refractivity contribution in [3.05, 3.63) is 0 Å². The zero-order chi connectivity index (χ0) is 16.6. The molecule has 3 nitrogen and oxygen atoms in total. The summed E-state index contributed by atoms with van der Waals surface area (Å²) in [6.07, 6.45) is 6.44. The minimum absolute atomic E-state index is 0.00105. The predicted octanol–water partition coefficient (Wildman–Crippen LogP) is 2.97. The third kappa shape index (κ3) is 2.12. The van der Waals surface area contributed by atoms with Crippen LogP contribution in [0.4, 0.5) is 0 Å². The van der Waals surface area contributed by atoms with Gasteiger partial charge in [-0.1, -0.05) is 20.8 Å². The topological polar surface area (TPSA) is 60.7 Å². The van der Waals surface area contributed by atoms with Gasteiger partial charge in [0.2, 0.25) is 0 Å². The van der Waals surface area contributed by atoms with Crippen molar-refractivity contribution >= 4 is 0 Å². The van der Waals surface area contributed by atoms with Crippen LogP contribution in [0.3, 0.4) is 0 Å². The molecule has 4 saturated carbocycles. The maximum atomic E-state index is 11.0. The van der Waals surface area contributed by atoms with Crippen molar-refractivity contribution in [3.63, 3.8) is 0 Å². The van der Waals surface area contributed by atoms with Crippen molar-refractivity contribution in [1.82, 2.24) is 0 Å². The lowest BCUT2D eigenvalue weighted by molar-refractivity contribution is -0.177. The number of fused-ring (bicyclic) bond motifs is 5. The molecule has 3 heteroatoms. The summed E-state index contributed by atoms with van der Waals surface area (Å²) in [5, 5.41) is 31.9. The molecule has 10 atom stereocenters. The summed E-state index contributed by atoms with van der Waals surface area (Å²) >= 11 is 0. The van der Waals surface area contributed by atoms with Crippen molar-refractivity contribution in [3.8, 4) is 0 Å². The first-order chi connectivity index (χ1) is 10.8. The molecule has 3 unspecified atom stereocenters. The van der Waals surface area contributed by atoms with Crippen LogP contribution in [-0.4, -0.2) is 33.6 Å². The second-order valence-electron chi connectivity index (χ2n) is 9.93. The summed E-state index contributed by atoms with van der Waals surface area (Å²) in [6, 6.07) is 0. The first-order valence-corrected chi connectivity index (χ1v) is 9.81. The number of hydrogen-bond acceptors (Lipinski definition) is 3. The normalized spacial score (nSPS) is 62.3. The standard InChI is InChI=1S/C20H34O3/c1-11-8-15-17-14(5-7-20(15,3)18(11)23)19(2)6-4-13(21)9-12(19)10-16(17)22/h11-18,21-23H,4-10H2,1-3H3/t11-,12-,13-,14?,15?,16-,17?,18-,19-,20-/m0/s1. The van der Waals surface area contributed by atoms with Gasteiger partial charge in [0.25, 0.3) is 0 Å². The fourth-order valence-corrected chi connectivity index (χ4v) is 7.54. The molecule has 0 bridgehead atoms. The molecule has 0 saturated heterocycles. The highest BCUT2D eigenvalue weighted by atomic mass is 16.3. The van der Waals surface area contributed by atoms with Gasteiger partial charge in [0.1, 0.15) is 0 Å². The first-order valence-electron chi connectivity index (χ1n) is 9.81. The maximum absolute atomic E-state index is 11.0. The Morgan fingerprint density at radius 1 is 0.826 bits per heavy atom. The van der Waals surface area contributed by atoms with E-state index in [1.54, 1.807) is 0 Å². The maximum Gasteiger partial charge on any atom is 0.0622 e. The van der Waals surface area contributed by atoms with Crippen LogP contribution in [0.15, 0.2) is 0 Å². The highest BCUT2D eigenvalue weighted by molar-refractivity contribution is 5.12. The third-order valence-corrected chi connectivity index (χ3v) is 8.93. The lowest BCUT2D eigenvalue weighted by Crippen LogP contribution is -2.58. The minimum atomic E-state index is -0.245. The van der Waals surface area contributed by atoms with Crippen LogP contribution in [0.1, 0.15) is 65.7 Å². The fourth-order valence-electron chi connectivity index (χ4n) is 7.54. The molecule has 4 aliphatic rings. The van der Waals surface area contributed by atoms with Gasteiger partial charge in [-0.15, -0.1) is 0 Å². The Balaban J connectivity index is 1.68. The largest absolute Gasteiger partial charge is 0.393 e. The number of aliphatic hydroxyl groups is 3. The van der Waals surface area contributed by atoms with Gasteiger partial charge in [0, 0.05) is 0 Å². The monoisotopic (exact) mass is 322 g/mol. The molecule has 0 aromatic rings. The Morgan fingerprint density at radius 3 is 2.26 bits per heavy atom. The molecule has 0 aliphatic heterocycles. The van der Waals surface area contributed by atoms with E-state index in [9.17, 15) is 15.3 Å². The molecule has 4 fully saturated rings. The van der Waals surface area contributed by atoms with Crippen molar-refractivity contribution in [1.29, 1.82) is 0 Å². The quantitative estimate of drug-likeness (QED) is 0.642. The van der Waals surface area contributed by atoms with Crippen LogP contribution in [0.2, 0.25) is 0 Å². The van der Waals surface area contributed by atoms with Crippen LogP contribution >= 0.6 is 0 Å². The molecular formula is C20H34O3. The highest BCUT2D eigenvalue weighted by Gasteiger charge is 2.63. The molecule has 23 heavy (non-hydrogen) atoms. The second-order valence-corrected chi connectivity index (χ2v) is 9.93.